The van der Waals surface area contributed by atoms with E-state index >= 15 is 0 Å². The number of ether oxygens (including phenoxy) is 1. The van der Waals surface area contributed by atoms with Gasteiger partial charge in [0.15, 0.2) is 5.90 Å². The third-order valence-electron chi connectivity index (χ3n) is 3.45. The van der Waals surface area contributed by atoms with Gasteiger partial charge in [-0.1, -0.05) is 6.92 Å². The average Bonchev–Trinajstić information content (AvgIpc) is 2.44. The van der Waals surface area contributed by atoms with Crippen LogP contribution in [-0.4, -0.2) is 29.6 Å². The molecule has 5 atom stereocenters. The summed E-state index contributed by atoms with van der Waals surface area (Å²) in [6.45, 7) is 5.98. The van der Waals surface area contributed by atoms with E-state index in [4.69, 9.17) is 16.2 Å². The van der Waals surface area contributed by atoms with Crippen molar-refractivity contribution in [3.05, 3.63) is 0 Å². The van der Waals surface area contributed by atoms with Crippen LogP contribution in [0.2, 0.25) is 0 Å². The summed E-state index contributed by atoms with van der Waals surface area (Å²) in [5, 5.41) is 0. The van der Waals surface area contributed by atoms with Crippen LogP contribution in [0.5, 0.6) is 0 Å². The van der Waals surface area contributed by atoms with Crippen molar-refractivity contribution >= 4 is 5.90 Å². The van der Waals surface area contributed by atoms with Gasteiger partial charge in [-0.3, -0.25) is 0 Å². The minimum atomic E-state index is -0.303. The fraction of sp³-hybridized carbons (Fsp3) is 0.889. The fourth-order valence-corrected chi connectivity index (χ4v) is 2.55. The standard InChI is InChI=1S/C9H17N3O/c1-4-6(10)7(11)9(3)8(4)13-5(2)12-9/h4,6-8H,10-11H2,1-3H3/t4?,6-,7?,8-,9+/m1/s1. The highest BCUT2D eigenvalue weighted by Crippen LogP contribution is 2.41. The van der Waals surface area contributed by atoms with Crippen LogP contribution >= 0.6 is 0 Å². The third-order valence-corrected chi connectivity index (χ3v) is 3.45. The first-order chi connectivity index (χ1) is 5.97. The maximum Gasteiger partial charge on any atom is 0.181 e. The van der Waals surface area contributed by atoms with Gasteiger partial charge in [0, 0.05) is 24.9 Å². The molecule has 74 valence electrons. The van der Waals surface area contributed by atoms with Crippen LogP contribution in [0.15, 0.2) is 4.99 Å². The van der Waals surface area contributed by atoms with E-state index in [2.05, 4.69) is 11.9 Å². The van der Waals surface area contributed by atoms with Crippen molar-refractivity contribution in [3.63, 3.8) is 0 Å². The SMILES string of the molecule is CC1=N[C@@]2(C)C(N)[C@H](N)C(C)[C@H]2O1. The molecule has 1 heterocycles. The van der Waals surface area contributed by atoms with Crippen molar-refractivity contribution in [2.45, 2.75) is 44.5 Å². The van der Waals surface area contributed by atoms with Crippen LogP contribution in [-0.2, 0) is 4.74 Å². The summed E-state index contributed by atoms with van der Waals surface area (Å²) in [4.78, 5) is 4.45. The Morgan fingerprint density at radius 1 is 1.46 bits per heavy atom. The summed E-state index contributed by atoms with van der Waals surface area (Å²) in [5.74, 6) is 1.02. The lowest BCUT2D eigenvalue weighted by atomic mass is 9.94. The van der Waals surface area contributed by atoms with Crippen molar-refractivity contribution in [2.75, 3.05) is 0 Å². The number of fused-ring (bicyclic) bond motifs is 1. The molecule has 13 heavy (non-hydrogen) atoms. The molecule has 4 nitrogen and oxygen atoms in total. The quantitative estimate of drug-likeness (QED) is 0.549. The topological polar surface area (TPSA) is 73.6 Å². The number of aliphatic imine (C=N–C) groups is 1. The van der Waals surface area contributed by atoms with Gasteiger partial charge in [0.2, 0.25) is 0 Å². The lowest BCUT2D eigenvalue weighted by Gasteiger charge is -2.24. The van der Waals surface area contributed by atoms with Crippen LogP contribution in [0.4, 0.5) is 0 Å². The summed E-state index contributed by atoms with van der Waals surface area (Å²) in [7, 11) is 0. The van der Waals surface area contributed by atoms with Gasteiger partial charge < -0.3 is 16.2 Å². The highest BCUT2D eigenvalue weighted by Gasteiger charge is 2.58. The molecule has 2 aliphatic rings. The average molecular weight is 183 g/mol. The van der Waals surface area contributed by atoms with E-state index in [0.717, 1.165) is 5.90 Å². The van der Waals surface area contributed by atoms with Crippen molar-refractivity contribution in [2.24, 2.45) is 22.4 Å². The van der Waals surface area contributed by atoms with Crippen molar-refractivity contribution in [1.82, 2.24) is 0 Å². The largest absolute Gasteiger partial charge is 0.475 e. The molecule has 0 bridgehead atoms. The summed E-state index contributed by atoms with van der Waals surface area (Å²) in [6.07, 6.45) is 0.0671. The molecule has 1 saturated carbocycles. The third kappa shape index (κ3) is 0.957. The Morgan fingerprint density at radius 2 is 2.08 bits per heavy atom. The van der Waals surface area contributed by atoms with Gasteiger partial charge in [0.05, 0.1) is 0 Å². The van der Waals surface area contributed by atoms with E-state index in [-0.39, 0.29) is 29.6 Å². The Bertz CT molecular complexity index is 266. The zero-order valence-electron chi connectivity index (χ0n) is 8.32. The van der Waals surface area contributed by atoms with Gasteiger partial charge in [-0.05, 0) is 6.92 Å². The summed E-state index contributed by atoms with van der Waals surface area (Å²) in [6, 6.07) is -0.100. The van der Waals surface area contributed by atoms with E-state index in [9.17, 15) is 0 Å². The van der Waals surface area contributed by atoms with Crippen LogP contribution in [0.25, 0.3) is 0 Å². The second-order valence-corrected chi connectivity index (χ2v) is 4.36. The summed E-state index contributed by atoms with van der Waals surface area (Å²) in [5.41, 5.74) is 11.7. The number of hydrogen-bond donors (Lipinski definition) is 2. The zero-order valence-corrected chi connectivity index (χ0v) is 8.32. The van der Waals surface area contributed by atoms with Crippen molar-refractivity contribution in [3.8, 4) is 0 Å². The number of nitrogens with zero attached hydrogens (tertiary/aromatic N) is 1. The molecule has 1 aliphatic carbocycles. The molecule has 0 spiro atoms. The second-order valence-electron chi connectivity index (χ2n) is 4.36. The highest BCUT2D eigenvalue weighted by molar-refractivity contribution is 5.76. The molecule has 0 aromatic carbocycles. The van der Waals surface area contributed by atoms with Crippen molar-refractivity contribution < 1.29 is 4.74 Å². The molecule has 4 heteroatoms. The van der Waals surface area contributed by atoms with E-state index in [1.165, 1.54) is 0 Å². The minimum Gasteiger partial charge on any atom is -0.475 e. The molecule has 4 N–H and O–H groups in total. The Hall–Kier alpha value is -0.610. The van der Waals surface area contributed by atoms with Crippen LogP contribution in [0, 0.1) is 5.92 Å². The molecule has 0 aromatic heterocycles. The Balaban J connectivity index is 2.37. The van der Waals surface area contributed by atoms with Gasteiger partial charge in [-0.2, -0.15) is 0 Å². The van der Waals surface area contributed by atoms with Gasteiger partial charge >= 0.3 is 0 Å². The molecular formula is C9H17N3O. The Labute approximate surface area is 78.3 Å². The fourth-order valence-electron chi connectivity index (χ4n) is 2.55. The molecular weight excluding hydrogens is 166 g/mol. The van der Waals surface area contributed by atoms with E-state index < -0.39 is 0 Å². The van der Waals surface area contributed by atoms with E-state index in [1.807, 2.05) is 13.8 Å². The molecule has 2 rings (SSSR count). The van der Waals surface area contributed by atoms with Gasteiger partial charge in [-0.25, -0.2) is 4.99 Å². The van der Waals surface area contributed by atoms with Crippen LogP contribution in [0.3, 0.4) is 0 Å². The van der Waals surface area contributed by atoms with Crippen molar-refractivity contribution in [1.29, 1.82) is 0 Å². The van der Waals surface area contributed by atoms with E-state index in [1.54, 1.807) is 0 Å². The monoisotopic (exact) mass is 183 g/mol. The zero-order chi connectivity index (χ0) is 9.80. The molecule has 1 aliphatic heterocycles. The molecule has 0 amide bonds. The molecule has 2 unspecified atom stereocenters. The predicted molar refractivity (Wildman–Crippen MR) is 51.5 cm³/mol. The first kappa shape index (κ1) is 8.97. The Morgan fingerprint density at radius 3 is 2.62 bits per heavy atom. The number of nitrogens with two attached hydrogens (primary N) is 2. The first-order valence-corrected chi connectivity index (χ1v) is 4.71. The summed E-state index contributed by atoms with van der Waals surface area (Å²) >= 11 is 0. The van der Waals surface area contributed by atoms with Crippen LogP contribution in [0.1, 0.15) is 20.8 Å². The van der Waals surface area contributed by atoms with E-state index in [0.29, 0.717) is 0 Å². The minimum absolute atomic E-state index is 0.00755. The lowest BCUT2D eigenvalue weighted by molar-refractivity contribution is 0.129. The highest BCUT2D eigenvalue weighted by atomic mass is 16.5. The Kier molecular flexibility index (Phi) is 1.69. The maximum atomic E-state index is 6.04. The first-order valence-electron chi connectivity index (χ1n) is 4.71. The second kappa shape index (κ2) is 2.45. The van der Waals surface area contributed by atoms with Gasteiger partial charge in [0.25, 0.3) is 0 Å². The molecule has 0 radical (unpaired) electrons. The van der Waals surface area contributed by atoms with Gasteiger partial charge in [-0.15, -0.1) is 0 Å². The number of rotatable bonds is 0. The lowest BCUT2D eigenvalue weighted by Crippen LogP contribution is -2.50. The van der Waals surface area contributed by atoms with Crippen LogP contribution < -0.4 is 11.5 Å². The molecule has 0 aromatic rings. The maximum absolute atomic E-state index is 6.04. The molecule has 0 saturated heterocycles. The normalized spacial score (nSPS) is 54.4. The molecule has 1 fully saturated rings. The summed E-state index contributed by atoms with van der Waals surface area (Å²) < 4.78 is 5.63. The number of hydrogen-bond acceptors (Lipinski definition) is 4. The smallest absolute Gasteiger partial charge is 0.181 e. The van der Waals surface area contributed by atoms with Gasteiger partial charge in [0.1, 0.15) is 11.6 Å². The predicted octanol–water partition coefficient (Wildman–Crippen LogP) is -0.133.